The highest BCUT2D eigenvalue weighted by Gasteiger charge is 2.34. The van der Waals surface area contributed by atoms with Crippen molar-refractivity contribution in [1.82, 2.24) is 14.5 Å². The molecule has 0 atom stereocenters. The van der Waals surface area contributed by atoms with Crippen molar-refractivity contribution < 1.29 is 4.79 Å². The zero-order valence-electron chi connectivity index (χ0n) is 15.6. The van der Waals surface area contributed by atoms with Gasteiger partial charge in [0.15, 0.2) is 0 Å². The van der Waals surface area contributed by atoms with E-state index in [1.807, 2.05) is 11.9 Å². The average Bonchev–Trinajstić information content (AvgIpc) is 2.47. The molecule has 0 unspecified atom stereocenters. The fourth-order valence-corrected chi connectivity index (χ4v) is 3.52. The minimum Gasteiger partial charge on any atom is -0.345 e. The van der Waals surface area contributed by atoms with Crippen molar-refractivity contribution in [3.8, 4) is 0 Å². The van der Waals surface area contributed by atoms with E-state index in [2.05, 4.69) is 29.7 Å². The third kappa shape index (κ3) is 8.96. The minimum absolute atomic E-state index is 0.252. The van der Waals surface area contributed by atoms with Crippen LogP contribution in [0, 0.1) is 11.8 Å². The molecule has 23 heavy (non-hydrogen) atoms. The lowest BCUT2D eigenvalue weighted by Gasteiger charge is -2.40. The van der Waals surface area contributed by atoms with Crippen LogP contribution in [0.15, 0.2) is 0 Å². The smallest absolute Gasteiger partial charge is 0.228 e. The molecule has 0 aromatic carbocycles. The molecule has 4 nitrogen and oxygen atoms in total. The lowest BCUT2D eigenvalue weighted by atomic mass is 9.97. The van der Waals surface area contributed by atoms with Crippen molar-refractivity contribution >= 4 is 17.9 Å². The maximum atomic E-state index is 12.3. The van der Waals surface area contributed by atoms with Crippen LogP contribution in [0.3, 0.4) is 0 Å². The number of unbranched alkanes of at least 4 members (excludes halogenated alkanes) is 5. The third-order valence-electron chi connectivity index (χ3n) is 4.47. The van der Waals surface area contributed by atoms with Crippen LogP contribution in [0.5, 0.6) is 0 Å². The lowest BCUT2D eigenvalue weighted by molar-refractivity contribution is -0.140. The Morgan fingerprint density at radius 1 is 1.17 bits per heavy atom. The van der Waals surface area contributed by atoms with E-state index in [1.165, 1.54) is 32.1 Å². The van der Waals surface area contributed by atoms with Crippen LogP contribution in [-0.4, -0.2) is 61.7 Å². The maximum Gasteiger partial charge on any atom is 0.228 e. The number of nitrogens with one attached hydrogen (secondary N) is 1. The third-order valence-corrected chi connectivity index (χ3v) is 4.97. The van der Waals surface area contributed by atoms with Gasteiger partial charge in [0.1, 0.15) is 0 Å². The molecule has 1 aliphatic rings. The fourth-order valence-electron chi connectivity index (χ4n) is 3.17. The first kappa shape index (κ1) is 20.8. The molecule has 0 bridgehead atoms. The largest absolute Gasteiger partial charge is 0.345 e. The molecule has 136 valence electrons. The quantitative estimate of drug-likeness (QED) is 0.411. The molecule has 1 aliphatic heterocycles. The van der Waals surface area contributed by atoms with Crippen LogP contribution < -0.4 is 4.72 Å². The van der Waals surface area contributed by atoms with Gasteiger partial charge in [0.2, 0.25) is 5.91 Å². The summed E-state index contributed by atoms with van der Waals surface area (Å²) >= 11 is 1.70. The van der Waals surface area contributed by atoms with E-state index < -0.39 is 0 Å². The Balaban J connectivity index is 1.96. The monoisotopic (exact) mass is 343 g/mol. The summed E-state index contributed by atoms with van der Waals surface area (Å²) in [4.78, 5) is 16.7. The van der Waals surface area contributed by atoms with E-state index in [-0.39, 0.29) is 5.92 Å². The van der Waals surface area contributed by atoms with E-state index in [0.717, 1.165) is 39.1 Å². The summed E-state index contributed by atoms with van der Waals surface area (Å²) in [7, 11) is 1.97. The lowest BCUT2D eigenvalue weighted by Crippen LogP contribution is -2.54. The number of rotatable bonds is 13. The molecule has 1 amide bonds. The van der Waals surface area contributed by atoms with Gasteiger partial charge in [-0.3, -0.25) is 9.52 Å². The standard InChI is InChI=1S/C18H37N3OS/c1-16(2)13-21-14-17(15-21)18(22)20(3)12-10-8-6-5-7-9-11-19-23-4/h16-17,19H,5-15H2,1-4H3. The van der Waals surface area contributed by atoms with Gasteiger partial charge in [0.25, 0.3) is 0 Å². The number of carbonyl (C=O) groups is 1. The van der Waals surface area contributed by atoms with Crippen LogP contribution in [-0.2, 0) is 4.79 Å². The van der Waals surface area contributed by atoms with E-state index in [0.29, 0.717) is 11.8 Å². The van der Waals surface area contributed by atoms with Gasteiger partial charge in [-0.15, -0.1) is 0 Å². The predicted octanol–water partition coefficient (Wildman–Crippen LogP) is 3.24. The SMILES string of the molecule is CSNCCCCCCCCN(C)C(=O)C1CN(CC(C)C)C1. The summed E-state index contributed by atoms with van der Waals surface area (Å²) in [5, 5.41) is 0. The number of hydrogen-bond donors (Lipinski definition) is 1. The Kier molecular flexibility index (Phi) is 11.0. The number of amides is 1. The molecule has 1 N–H and O–H groups in total. The Bertz CT molecular complexity index is 319. The van der Waals surface area contributed by atoms with E-state index in [9.17, 15) is 4.79 Å². The van der Waals surface area contributed by atoms with Crippen LogP contribution in [0.2, 0.25) is 0 Å². The van der Waals surface area contributed by atoms with Crippen LogP contribution >= 0.6 is 11.9 Å². The first-order valence-corrected chi connectivity index (χ1v) is 10.5. The van der Waals surface area contributed by atoms with E-state index >= 15 is 0 Å². The predicted molar refractivity (Wildman–Crippen MR) is 102 cm³/mol. The molecule has 0 aromatic rings. The molecule has 0 spiro atoms. The molecular formula is C18H37N3OS. The van der Waals surface area contributed by atoms with E-state index in [1.54, 1.807) is 11.9 Å². The van der Waals surface area contributed by atoms with Gasteiger partial charge in [-0.05, 0) is 25.0 Å². The van der Waals surface area contributed by atoms with Gasteiger partial charge in [-0.25, -0.2) is 0 Å². The Labute approximate surface area is 147 Å². The molecule has 5 heteroatoms. The molecule has 1 heterocycles. The number of nitrogens with zero attached hydrogens (tertiary/aromatic N) is 2. The Morgan fingerprint density at radius 3 is 2.39 bits per heavy atom. The van der Waals surface area contributed by atoms with Crippen LogP contribution in [0.1, 0.15) is 52.4 Å². The number of hydrogen-bond acceptors (Lipinski definition) is 4. The summed E-state index contributed by atoms with van der Waals surface area (Å²) in [6.45, 7) is 9.57. The molecule has 1 rings (SSSR count). The Hall–Kier alpha value is -0.260. The van der Waals surface area contributed by atoms with Crippen molar-refractivity contribution in [3.05, 3.63) is 0 Å². The normalized spacial score (nSPS) is 15.9. The molecule has 0 aliphatic carbocycles. The van der Waals surface area contributed by atoms with Gasteiger partial charge in [0, 0.05) is 39.8 Å². The van der Waals surface area contributed by atoms with Crippen molar-refractivity contribution in [2.45, 2.75) is 52.4 Å². The molecule has 0 saturated carbocycles. The van der Waals surface area contributed by atoms with Gasteiger partial charge in [-0.2, -0.15) is 0 Å². The second-order valence-electron chi connectivity index (χ2n) is 7.29. The van der Waals surface area contributed by atoms with Crippen LogP contribution in [0.4, 0.5) is 0 Å². The molecule has 0 radical (unpaired) electrons. The topological polar surface area (TPSA) is 35.6 Å². The van der Waals surface area contributed by atoms with E-state index in [4.69, 9.17) is 0 Å². The molecule has 1 fully saturated rings. The van der Waals surface area contributed by atoms with Gasteiger partial charge in [-0.1, -0.05) is 51.5 Å². The summed E-state index contributed by atoms with van der Waals surface area (Å²) in [5.74, 6) is 1.30. The summed E-state index contributed by atoms with van der Waals surface area (Å²) in [6, 6.07) is 0. The number of likely N-dealkylation sites (tertiary alicyclic amines) is 1. The van der Waals surface area contributed by atoms with Gasteiger partial charge in [0.05, 0.1) is 5.92 Å². The van der Waals surface area contributed by atoms with Gasteiger partial charge < -0.3 is 9.80 Å². The Morgan fingerprint density at radius 2 is 1.78 bits per heavy atom. The fraction of sp³-hybridized carbons (Fsp3) is 0.944. The minimum atomic E-state index is 0.252. The molecular weight excluding hydrogens is 306 g/mol. The molecule has 1 saturated heterocycles. The summed E-state index contributed by atoms with van der Waals surface area (Å²) < 4.78 is 3.28. The van der Waals surface area contributed by atoms with Crippen molar-refractivity contribution in [2.24, 2.45) is 11.8 Å². The summed E-state index contributed by atoms with van der Waals surface area (Å²) in [6.07, 6.45) is 9.67. The highest BCUT2D eigenvalue weighted by molar-refractivity contribution is 7.96. The zero-order chi connectivity index (χ0) is 17.1. The zero-order valence-corrected chi connectivity index (χ0v) is 16.5. The highest BCUT2D eigenvalue weighted by Crippen LogP contribution is 2.19. The number of carbonyl (C=O) groups excluding carboxylic acids is 1. The summed E-state index contributed by atoms with van der Waals surface area (Å²) in [5.41, 5.74) is 0. The molecule has 0 aromatic heterocycles. The first-order chi connectivity index (χ1) is 11.0. The van der Waals surface area contributed by atoms with Crippen molar-refractivity contribution in [2.75, 3.05) is 46.0 Å². The van der Waals surface area contributed by atoms with Crippen LogP contribution in [0.25, 0.3) is 0 Å². The second kappa shape index (κ2) is 12.2. The highest BCUT2D eigenvalue weighted by atomic mass is 32.2. The average molecular weight is 344 g/mol. The van der Waals surface area contributed by atoms with Gasteiger partial charge >= 0.3 is 0 Å². The maximum absolute atomic E-state index is 12.3. The van der Waals surface area contributed by atoms with Crippen molar-refractivity contribution in [1.29, 1.82) is 0 Å². The first-order valence-electron chi connectivity index (χ1n) is 9.27. The second-order valence-corrected chi connectivity index (χ2v) is 7.99. The van der Waals surface area contributed by atoms with Crippen molar-refractivity contribution in [3.63, 3.8) is 0 Å².